The number of urea groups is 1. The molecule has 2 aliphatic carbocycles. The van der Waals surface area contributed by atoms with Gasteiger partial charge in [-0.25, -0.2) is 9.78 Å². The lowest BCUT2D eigenvalue weighted by Crippen LogP contribution is -2.51. The number of rotatable bonds is 8. The maximum Gasteiger partial charge on any atom is 0.324 e. The minimum atomic E-state index is -0.862. The Morgan fingerprint density at radius 2 is 1.87 bits per heavy atom. The average Bonchev–Trinajstić information content (AvgIpc) is 3.15. The van der Waals surface area contributed by atoms with Crippen molar-refractivity contribution in [1.29, 1.82) is 0 Å². The molecule has 0 radical (unpaired) electrons. The molecule has 3 rings (SSSR count). The molecule has 0 aromatic carbocycles. The lowest BCUT2D eigenvalue weighted by Gasteiger charge is -2.42. The van der Waals surface area contributed by atoms with Crippen molar-refractivity contribution in [2.24, 2.45) is 0 Å². The van der Waals surface area contributed by atoms with E-state index < -0.39 is 5.97 Å². The number of thiazole rings is 1. The lowest BCUT2D eigenvalue weighted by molar-refractivity contribution is -0.133. The van der Waals surface area contributed by atoms with E-state index >= 15 is 0 Å². The van der Waals surface area contributed by atoms with E-state index in [1.54, 1.807) is 6.20 Å². The third-order valence-corrected chi connectivity index (χ3v) is 7.83. The van der Waals surface area contributed by atoms with Crippen molar-refractivity contribution >= 4 is 40.2 Å². The number of carbonyl (C=O) groups is 2. The zero-order valence-corrected chi connectivity index (χ0v) is 19.5. The fourth-order valence-corrected chi connectivity index (χ4v) is 6.09. The van der Waals surface area contributed by atoms with E-state index in [2.05, 4.69) is 29.0 Å². The zero-order chi connectivity index (χ0) is 21.5. The third-order valence-electron chi connectivity index (χ3n) is 5.74. The molecule has 1 aromatic rings. The van der Waals surface area contributed by atoms with Crippen molar-refractivity contribution < 1.29 is 19.4 Å². The Balaban J connectivity index is 1.63. The first-order valence-corrected chi connectivity index (χ1v) is 12.8. The van der Waals surface area contributed by atoms with Crippen molar-refractivity contribution in [3.63, 3.8) is 0 Å². The van der Waals surface area contributed by atoms with E-state index in [1.165, 1.54) is 42.4 Å². The van der Waals surface area contributed by atoms with E-state index in [-0.39, 0.29) is 30.0 Å². The van der Waals surface area contributed by atoms with Gasteiger partial charge in [0.1, 0.15) is 0 Å². The number of carboxylic acid groups (broad SMARTS) is 1. The van der Waals surface area contributed by atoms with Gasteiger partial charge in [0.05, 0.1) is 28.4 Å². The molecular weight excluding hydrogens is 422 g/mol. The molecule has 2 aliphatic rings. The quantitative estimate of drug-likeness (QED) is 0.522. The van der Waals surface area contributed by atoms with Crippen LogP contribution in [0.4, 0.5) is 9.93 Å². The SMILES string of the molecule is CC(C)O[C@H]1CC[C@H](N(C(=O)Nc2ncc(SCC(=O)O)s2)C2CCCCC2)CC1. The number of aromatic nitrogens is 1. The highest BCUT2D eigenvalue weighted by atomic mass is 32.2. The molecule has 0 unspecified atom stereocenters. The van der Waals surface area contributed by atoms with Crippen molar-refractivity contribution in [1.82, 2.24) is 9.88 Å². The smallest absolute Gasteiger partial charge is 0.324 e. The number of nitrogens with one attached hydrogen (secondary N) is 1. The molecule has 168 valence electrons. The van der Waals surface area contributed by atoms with Crippen molar-refractivity contribution in [3.05, 3.63) is 6.20 Å². The molecular formula is C21H33N3O4S2. The van der Waals surface area contributed by atoms with Gasteiger partial charge in [-0.05, 0) is 52.4 Å². The van der Waals surface area contributed by atoms with Crippen LogP contribution in [0, 0.1) is 0 Å². The summed E-state index contributed by atoms with van der Waals surface area (Å²) in [5.41, 5.74) is 0. The van der Waals surface area contributed by atoms with Crippen LogP contribution in [-0.2, 0) is 9.53 Å². The van der Waals surface area contributed by atoms with Crippen LogP contribution in [0.15, 0.2) is 10.4 Å². The van der Waals surface area contributed by atoms with Gasteiger partial charge in [0.2, 0.25) is 0 Å². The molecule has 1 aromatic heterocycles. The molecule has 0 saturated heterocycles. The standard InChI is InChI=1S/C21H33N3O4S2/c1-14(2)28-17-10-8-16(9-11-17)24(15-6-4-3-5-7-15)21(27)23-20-22-12-19(30-20)29-13-18(25)26/h12,14-17H,3-11,13H2,1-2H3,(H,25,26)(H,22,23,27)/t16-,17-. The highest BCUT2D eigenvalue weighted by molar-refractivity contribution is 8.01. The summed E-state index contributed by atoms with van der Waals surface area (Å²) in [5, 5.41) is 12.4. The van der Waals surface area contributed by atoms with Gasteiger partial charge in [-0.15, -0.1) is 11.8 Å². The zero-order valence-electron chi connectivity index (χ0n) is 17.8. The first kappa shape index (κ1) is 23.3. The summed E-state index contributed by atoms with van der Waals surface area (Å²) < 4.78 is 6.79. The summed E-state index contributed by atoms with van der Waals surface area (Å²) in [6.07, 6.45) is 11.8. The number of hydrogen-bond acceptors (Lipinski definition) is 6. The fourth-order valence-electron chi connectivity index (χ4n) is 4.51. The van der Waals surface area contributed by atoms with Gasteiger partial charge in [-0.1, -0.05) is 30.6 Å². The molecule has 0 bridgehead atoms. The molecule has 7 nitrogen and oxygen atoms in total. The van der Waals surface area contributed by atoms with E-state index in [9.17, 15) is 9.59 Å². The van der Waals surface area contributed by atoms with Gasteiger partial charge < -0.3 is 14.7 Å². The Hall–Kier alpha value is -1.32. The maximum atomic E-state index is 13.3. The summed E-state index contributed by atoms with van der Waals surface area (Å²) in [4.78, 5) is 30.4. The van der Waals surface area contributed by atoms with Gasteiger partial charge in [-0.3, -0.25) is 10.1 Å². The number of carbonyl (C=O) groups excluding carboxylic acids is 1. The highest BCUT2D eigenvalue weighted by Gasteiger charge is 2.35. The second-order valence-corrected chi connectivity index (χ2v) is 10.7. The number of nitrogens with zero attached hydrogens (tertiary/aromatic N) is 2. The normalized spacial score (nSPS) is 22.8. The summed E-state index contributed by atoms with van der Waals surface area (Å²) in [5.74, 6) is -0.870. The number of aliphatic carboxylic acids is 1. The van der Waals surface area contributed by atoms with Crippen LogP contribution < -0.4 is 5.32 Å². The monoisotopic (exact) mass is 455 g/mol. The van der Waals surface area contributed by atoms with Crippen LogP contribution in [0.1, 0.15) is 71.6 Å². The van der Waals surface area contributed by atoms with Crippen LogP contribution in [0.25, 0.3) is 0 Å². The molecule has 2 N–H and O–H groups in total. The van der Waals surface area contributed by atoms with Gasteiger partial charge in [-0.2, -0.15) is 0 Å². The molecule has 0 atom stereocenters. The Labute approximate surface area is 187 Å². The molecule has 1 heterocycles. The van der Waals surface area contributed by atoms with Gasteiger partial charge in [0.15, 0.2) is 5.13 Å². The second kappa shape index (κ2) is 11.3. The topological polar surface area (TPSA) is 91.8 Å². The Bertz CT molecular complexity index is 698. The molecule has 30 heavy (non-hydrogen) atoms. The summed E-state index contributed by atoms with van der Waals surface area (Å²) in [6.45, 7) is 4.15. The predicted octanol–water partition coefficient (Wildman–Crippen LogP) is 5.22. The molecule has 2 fully saturated rings. The van der Waals surface area contributed by atoms with Crippen LogP contribution in [0.2, 0.25) is 0 Å². The van der Waals surface area contributed by atoms with E-state index in [0.29, 0.717) is 11.2 Å². The number of ether oxygens (including phenoxy) is 1. The van der Waals surface area contributed by atoms with Crippen molar-refractivity contribution in [3.8, 4) is 0 Å². The lowest BCUT2D eigenvalue weighted by atomic mass is 9.87. The highest BCUT2D eigenvalue weighted by Crippen LogP contribution is 2.33. The molecule has 9 heteroatoms. The van der Waals surface area contributed by atoms with Gasteiger partial charge >= 0.3 is 12.0 Å². The number of amides is 2. The maximum absolute atomic E-state index is 13.3. The van der Waals surface area contributed by atoms with Gasteiger partial charge in [0.25, 0.3) is 0 Å². The third kappa shape index (κ3) is 6.85. The second-order valence-electron chi connectivity index (χ2n) is 8.41. The molecule has 0 spiro atoms. The Morgan fingerprint density at radius 1 is 1.20 bits per heavy atom. The van der Waals surface area contributed by atoms with Crippen LogP contribution in [0.3, 0.4) is 0 Å². The largest absolute Gasteiger partial charge is 0.481 e. The number of carboxylic acids is 1. The first-order valence-electron chi connectivity index (χ1n) is 11.0. The number of thioether (sulfide) groups is 1. The predicted molar refractivity (Wildman–Crippen MR) is 120 cm³/mol. The van der Waals surface area contributed by atoms with Crippen LogP contribution in [-0.4, -0.2) is 57.0 Å². The number of hydrogen-bond donors (Lipinski definition) is 2. The fraction of sp³-hybridized carbons (Fsp3) is 0.762. The minimum Gasteiger partial charge on any atom is -0.481 e. The average molecular weight is 456 g/mol. The van der Waals surface area contributed by atoms with Crippen molar-refractivity contribution in [2.75, 3.05) is 11.1 Å². The minimum absolute atomic E-state index is 0.00846. The molecule has 0 aliphatic heterocycles. The Morgan fingerprint density at radius 3 is 2.50 bits per heavy atom. The van der Waals surface area contributed by atoms with Crippen molar-refractivity contribution in [2.45, 2.75) is 100 Å². The van der Waals surface area contributed by atoms with E-state index in [0.717, 1.165) is 42.7 Å². The van der Waals surface area contributed by atoms with Crippen LogP contribution in [0.5, 0.6) is 0 Å². The van der Waals surface area contributed by atoms with Gasteiger partial charge in [0, 0.05) is 12.1 Å². The summed E-state index contributed by atoms with van der Waals surface area (Å²) >= 11 is 2.55. The first-order chi connectivity index (χ1) is 14.4. The molecule has 2 amide bonds. The Kier molecular flexibility index (Phi) is 8.83. The van der Waals surface area contributed by atoms with Crippen LogP contribution >= 0.6 is 23.1 Å². The molecule has 2 saturated carbocycles. The summed E-state index contributed by atoms with van der Waals surface area (Å²) in [7, 11) is 0. The summed E-state index contributed by atoms with van der Waals surface area (Å²) in [6, 6.07) is 0.451. The number of anilines is 1. The van der Waals surface area contributed by atoms with E-state index in [4.69, 9.17) is 9.84 Å². The van der Waals surface area contributed by atoms with E-state index in [1.807, 2.05) is 0 Å².